The highest BCUT2D eigenvalue weighted by Crippen LogP contribution is 2.27. The number of hydrazine groups is 1. The van der Waals surface area contributed by atoms with Crippen molar-refractivity contribution in [1.82, 2.24) is 16.2 Å². The summed E-state index contributed by atoms with van der Waals surface area (Å²) in [5.74, 6) is -0.644. The molecule has 1 atom stereocenters. The van der Waals surface area contributed by atoms with Gasteiger partial charge in [0.15, 0.2) is 6.61 Å². The van der Waals surface area contributed by atoms with Gasteiger partial charge < -0.3 is 10.1 Å². The predicted octanol–water partition coefficient (Wildman–Crippen LogP) is 3.41. The van der Waals surface area contributed by atoms with E-state index in [0.717, 1.165) is 16.7 Å². The van der Waals surface area contributed by atoms with Gasteiger partial charge in [-0.3, -0.25) is 25.2 Å². The lowest BCUT2D eigenvalue weighted by Gasteiger charge is -2.22. The topological polar surface area (TPSA) is 96.5 Å². The van der Waals surface area contributed by atoms with E-state index in [9.17, 15) is 14.4 Å². The standard InChI is InChI=1S/C25H33N3O4/c1-15(2)20-11-10-18(6)13-21(20)32-14-22(29)27-28-25(31)23(16(3)4)26-24(30)19-9-7-8-17(5)12-19/h7-13,15-16,23H,14H2,1-6H3,(H,26,30)(H,27,29)(H,28,31)/t23-/m1/s1. The van der Waals surface area contributed by atoms with Gasteiger partial charge >= 0.3 is 0 Å². The lowest BCUT2D eigenvalue weighted by atomic mass is 10.0. The van der Waals surface area contributed by atoms with Gasteiger partial charge in [-0.15, -0.1) is 0 Å². The molecule has 0 unspecified atom stereocenters. The molecule has 0 radical (unpaired) electrons. The van der Waals surface area contributed by atoms with Gasteiger partial charge in [0.25, 0.3) is 17.7 Å². The van der Waals surface area contributed by atoms with Gasteiger partial charge in [0.1, 0.15) is 11.8 Å². The Morgan fingerprint density at radius 3 is 2.22 bits per heavy atom. The number of carbonyl (C=O) groups is 3. The Labute approximate surface area is 189 Å². The summed E-state index contributed by atoms with van der Waals surface area (Å²) in [5.41, 5.74) is 8.20. The molecule has 0 spiro atoms. The van der Waals surface area contributed by atoms with Crippen LogP contribution in [0.2, 0.25) is 0 Å². The van der Waals surface area contributed by atoms with Crippen LogP contribution in [0, 0.1) is 19.8 Å². The third-order valence-corrected chi connectivity index (χ3v) is 4.99. The summed E-state index contributed by atoms with van der Waals surface area (Å²) in [7, 11) is 0. The van der Waals surface area contributed by atoms with E-state index in [1.165, 1.54) is 0 Å². The number of ether oxygens (including phenoxy) is 1. The Bertz CT molecular complexity index is 969. The van der Waals surface area contributed by atoms with Gasteiger partial charge in [-0.2, -0.15) is 0 Å². The van der Waals surface area contributed by atoms with E-state index in [0.29, 0.717) is 11.3 Å². The first-order valence-corrected chi connectivity index (χ1v) is 10.8. The number of carbonyl (C=O) groups excluding carboxylic acids is 3. The molecule has 2 aromatic rings. The predicted molar refractivity (Wildman–Crippen MR) is 124 cm³/mol. The molecule has 2 aromatic carbocycles. The van der Waals surface area contributed by atoms with Gasteiger partial charge in [0.05, 0.1) is 0 Å². The summed E-state index contributed by atoms with van der Waals surface area (Å²) in [4.78, 5) is 37.4. The van der Waals surface area contributed by atoms with Gasteiger partial charge in [-0.1, -0.05) is 57.5 Å². The van der Waals surface area contributed by atoms with Crippen molar-refractivity contribution in [3.63, 3.8) is 0 Å². The lowest BCUT2D eigenvalue weighted by Crippen LogP contribution is -2.55. The molecule has 3 N–H and O–H groups in total. The SMILES string of the molecule is Cc1cccc(C(=O)N[C@@H](C(=O)NNC(=O)COc2cc(C)ccc2C(C)C)C(C)C)c1. The molecule has 0 aliphatic heterocycles. The Kier molecular flexibility index (Phi) is 8.81. The van der Waals surface area contributed by atoms with E-state index in [2.05, 4.69) is 30.0 Å². The fourth-order valence-electron chi connectivity index (χ4n) is 3.18. The number of amides is 3. The van der Waals surface area contributed by atoms with Crippen LogP contribution in [0.5, 0.6) is 5.75 Å². The fourth-order valence-corrected chi connectivity index (χ4v) is 3.18. The number of benzene rings is 2. The van der Waals surface area contributed by atoms with Crippen molar-refractivity contribution in [2.45, 2.75) is 53.5 Å². The maximum Gasteiger partial charge on any atom is 0.276 e. The van der Waals surface area contributed by atoms with Gasteiger partial charge in [-0.05, 0) is 55.0 Å². The zero-order valence-electron chi connectivity index (χ0n) is 19.6. The van der Waals surface area contributed by atoms with Crippen LogP contribution in [0.4, 0.5) is 0 Å². The monoisotopic (exact) mass is 439 g/mol. The summed E-state index contributed by atoms with van der Waals surface area (Å²) >= 11 is 0. The molecule has 0 saturated heterocycles. The third-order valence-electron chi connectivity index (χ3n) is 4.99. The van der Waals surface area contributed by atoms with E-state index in [1.54, 1.807) is 18.2 Å². The Morgan fingerprint density at radius 2 is 1.59 bits per heavy atom. The minimum atomic E-state index is -0.812. The summed E-state index contributed by atoms with van der Waals surface area (Å²) in [6, 6.07) is 12.2. The first kappa shape index (κ1) is 24.9. The first-order chi connectivity index (χ1) is 15.1. The van der Waals surface area contributed by atoms with Crippen LogP contribution in [0.25, 0.3) is 0 Å². The van der Waals surface area contributed by atoms with Gasteiger partial charge in [-0.25, -0.2) is 0 Å². The summed E-state index contributed by atoms with van der Waals surface area (Å²) in [5, 5.41) is 2.73. The molecule has 0 aromatic heterocycles. The van der Waals surface area contributed by atoms with Crippen LogP contribution >= 0.6 is 0 Å². The summed E-state index contributed by atoms with van der Waals surface area (Å²) < 4.78 is 5.68. The molecule has 172 valence electrons. The molecule has 0 aliphatic rings. The highest BCUT2D eigenvalue weighted by molar-refractivity contribution is 5.98. The van der Waals surface area contributed by atoms with Crippen LogP contribution in [0.15, 0.2) is 42.5 Å². The average Bonchev–Trinajstić information content (AvgIpc) is 2.73. The molecule has 0 bridgehead atoms. The molecule has 0 aliphatic carbocycles. The average molecular weight is 440 g/mol. The minimum absolute atomic E-state index is 0.183. The van der Waals surface area contributed by atoms with Crippen molar-refractivity contribution in [3.8, 4) is 5.75 Å². The van der Waals surface area contributed by atoms with Crippen LogP contribution in [0.1, 0.15) is 60.7 Å². The van der Waals surface area contributed by atoms with E-state index in [-0.39, 0.29) is 24.3 Å². The van der Waals surface area contributed by atoms with Crippen molar-refractivity contribution >= 4 is 17.7 Å². The number of hydrogen-bond donors (Lipinski definition) is 3. The maximum atomic E-state index is 12.6. The van der Waals surface area contributed by atoms with Gasteiger partial charge in [0, 0.05) is 5.56 Å². The van der Waals surface area contributed by atoms with Crippen molar-refractivity contribution in [2.75, 3.05) is 6.61 Å². The molecular weight excluding hydrogens is 406 g/mol. The van der Waals surface area contributed by atoms with E-state index in [1.807, 2.05) is 52.0 Å². The highest BCUT2D eigenvalue weighted by atomic mass is 16.5. The number of hydrogen-bond acceptors (Lipinski definition) is 4. The fraction of sp³-hybridized carbons (Fsp3) is 0.400. The molecule has 0 saturated carbocycles. The second-order valence-electron chi connectivity index (χ2n) is 8.59. The second kappa shape index (κ2) is 11.3. The zero-order valence-corrected chi connectivity index (χ0v) is 19.6. The van der Waals surface area contributed by atoms with E-state index >= 15 is 0 Å². The summed E-state index contributed by atoms with van der Waals surface area (Å²) in [6.45, 7) is 11.3. The number of nitrogens with one attached hydrogen (secondary N) is 3. The van der Waals surface area contributed by atoms with Crippen LogP contribution in [0.3, 0.4) is 0 Å². The van der Waals surface area contributed by atoms with Gasteiger partial charge in [0.2, 0.25) is 0 Å². The van der Waals surface area contributed by atoms with Crippen LogP contribution in [-0.4, -0.2) is 30.4 Å². The van der Waals surface area contributed by atoms with Crippen molar-refractivity contribution in [1.29, 1.82) is 0 Å². The van der Waals surface area contributed by atoms with Crippen molar-refractivity contribution in [3.05, 3.63) is 64.7 Å². The second-order valence-corrected chi connectivity index (χ2v) is 8.59. The van der Waals surface area contributed by atoms with Crippen molar-refractivity contribution in [2.24, 2.45) is 5.92 Å². The minimum Gasteiger partial charge on any atom is -0.483 e. The first-order valence-electron chi connectivity index (χ1n) is 10.8. The molecule has 2 rings (SSSR count). The lowest BCUT2D eigenvalue weighted by molar-refractivity contribution is -0.131. The molecular formula is C25H33N3O4. The smallest absolute Gasteiger partial charge is 0.276 e. The molecule has 7 heteroatoms. The van der Waals surface area contributed by atoms with Crippen molar-refractivity contribution < 1.29 is 19.1 Å². The highest BCUT2D eigenvalue weighted by Gasteiger charge is 2.25. The van der Waals surface area contributed by atoms with Crippen LogP contribution in [-0.2, 0) is 9.59 Å². The Hall–Kier alpha value is -3.35. The molecule has 3 amide bonds. The molecule has 0 fully saturated rings. The maximum absolute atomic E-state index is 12.6. The molecule has 32 heavy (non-hydrogen) atoms. The third kappa shape index (κ3) is 7.11. The summed E-state index contributed by atoms with van der Waals surface area (Å²) in [6.07, 6.45) is 0. The Morgan fingerprint density at radius 1 is 0.906 bits per heavy atom. The van der Waals surface area contributed by atoms with Crippen LogP contribution < -0.4 is 20.9 Å². The number of rotatable bonds is 8. The quantitative estimate of drug-likeness (QED) is 0.549. The largest absolute Gasteiger partial charge is 0.483 e. The van der Waals surface area contributed by atoms with E-state index in [4.69, 9.17) is 4.74 Å². The molecule has 7 nitrogen and oxygen atoms in total. The van der Waals surface area contributed by atoms with E-state index < -0.39 is 17.9 Å². The number of aryl methyl sites for hydroxylation is 2. The normalized spacial score (nSPS) is 11.8. The molecule has 0 heterocycles. The Balaban J connectivity index is 1.92. The zero-order chi connectivity index (χ0) is 23.8.